The summed E-state index contributed by atoms with van der Waals surface area (Å²) in [5.74, 6) is 0. The van der Waals surface area contributed by atoms with Crippen molar-refractivity contribution in [3.8, 4) is 0 Å². The first kappa shape index (κ1) is 5.05. The fourth-order valence-electron chi connectivity index (χ4n) is 0.652. The van der Waals surface area contributed by atoms with Crippen molar-refractivity contribution in [2.24, 2.45) is 0 Å². The molecular weight excluding hydrogens is 126 g/mol. The molecule has 8 heavy (non-hydrogen) atoms. The number of rotatable bonds is 0. The van der Waals surface area contributed by atoms with Gasteiger partial charge >= 0.3 is 0 Å². The molecule has 3 unspecified atom stereocenters. The molecule has 0 radical (unpaired) electrons. The predicted molar refractivity (Wildman–Crippen MR) is 29.5 cm³/mol. The lowest BCUT2D eigenvalue weighted by atomic mass is 10.2. The Morgan fingerprint density at radius 1 is 1.75 bits per heavy atom. The maximum atomic E-state index is 5.14. The molecule has 2 saturated heterocycles. The second kappa shape index (κ2) is 1.21. The summed E-state index contributed by atoms with van der Waals surface area (Å²) >= 11 is 1.29. The summed E-state index contributed by atoms with van der Waals surface area (Å²) in [6.07, 6.45) is 0.201. The van der Waals surface area contributed by atoms with Crippen LogP contribution in [0.1, 0.15) is 13.8 Å². The molecule has 0 aromatic rings. The van der Waals surface area contributed by atoms with Crippen LogP contribution in [0.5, 0.6) is 0 Å². The maximum absolute atomic E-state index is 5.14. The molecule has 0 saturated carbocycles. The Morgan fingerprint density at radius 3 is 2.62 bits per heavy atom. The van der Waals surface area contributed by atoms with Crippen LogP contribution in [-0.4, -0.2) is 16.3 Å². The van der Waals surface area contributed by atoms with Gasteiger partial charge in [-0.05, 0) is 13.8 Å². The van der Waals surface area contributed by atoms with E-state index < -0.39 is 0 Å². The lowest BCUT2D eigenvalue weighted by Gasteiger charge is -2.03. The molecule has 2 heterocycles. The average Bonchev–Trinajstić information content (AvgIpc) is 2.31. The van der Waals surface area contributed by atoms with E-state index in [2.05, 4.69) is 0 Å². The molecule has 2 aliphatic heterocycles. The molecule has 0 spiro atoms. The highest BCUT2D eigenvalue weighted by molar-refractivity contribution is 7.92. The van der Waals surface area contributed by atoms with E-state index in [-0.39, 0.29) is 11.8 Å². The van der Waals surface area contributed by atoms with E-state index in [1.165, 1.54) is 12.2 Å². The van der Waals surface area contributed by atoms with Crippen LogP contribution in [0.15, 0.2) is 0 Å². The van der Waals surface area contributed by atoms with Crippen LogP contribution in [0.2, 0.25) is 0 Å². The lowest BCUT2D eigenvalue weighted by molar-refractivity contribution is 0.130. The largest absolute Gasteiger partial charge is 0.292 e. The van der Waals surface area contributed by atoms with Crippen LogP contribution < -0.4 is 0 Å². The van der Waals surface area contributed by atoms with E-state index in [0.29, 0.717) is 0 Å². The number of fused-ring (bicyclic) bond motifs is 1. The van der Waals surface area contributed by atoms with Gasteiger partial charge in [0.15, 0.2) is 0 Å². The van der Waals surface area contributed by atoms with E-state index >= 15 is 0 Å². The van der Waals surface area contributed by atoms with Gasteiger partial charge in [0.1, 0.15) is 18.3 Å². The second-order valence-corrected chi connectivity index (χ2v) is 2.89. The molecule has 3 atom stereocenters. The molecule has 0 bridgehead atoms. The van der Waals surface area contributed by atoms with Gasteiger partial charge in [-0.2, -0.15) is 0 Å². The predicted octanol–water partition coefficient (Wildman–Crippen LogP) is 0.932. The third-order valence-electron chi connectivity index (χ3n) is 1.61. The highest BCUT2D eigenvalue weighted by atomic mass is 32.2. The van der Waals surface area contributed by atoms with Gasteiger partial charge < -0.3 is 0 Å². The zero-order valence-corrected chi connectivity index (χ0v) is 5.57. The standard InChI is InChI=1S/C4H7NO2S/c1-3-4(2)5(7-4)8-6-3/h3H,1-2H3. The fourth-order valence-corrected chi connectivity index (χ4v) is 1.52. The Labute approximate surface area is 52.2 Å². The Kier molecular flexibility index (Phi) is 0.764. The molecule has 0 aromatic heterocycles. The van der Waals surface area contributed by atoms with Crippen molar-refractivity contribution < 1.29 is 9.02 Å². The van der Waals surface area contributed by atoms with Crippen LogP contribution in [0.4, 0.5) is 0 Å². The summed E-state index contributed by atoms with van der Waals surface area (Å²) in [4.78, 5) is 5.12. The Hall–Kier alpha value is 0.230. The average molecular weight is 133 g/mol. The van der Waals surface area contributed by atoms with Gasteiger partial charge in [0, 0.05) is 0 Å². The van der Waals surface area contributed by atoms with Crippen LogP contribution in [-0.2, 0) is 9.02 Å². The zero-order valence-electron chi connectivity index (χ0n) is 4.75. The van der Waals surface area contributed by atoms with Gasteiger partial charge in [0.2, 0.25) is 5.72 Å². The van der Waals surface area contributed by atoms with E-state index in [1.807, 2.05) is 13.8 Å². The van der Waals surface area contributed by atoms with Crippen molar-refractivity contribution >= 4 is 12.2 Å². The van der Waals surface area contributed by atoms with Crippen LogP contribution in [0.3, 0.4) is 0 Å². The third-order valence-corrected chi connectivity index (χ3v) is 2.55. The number of hydrogen-bond acceptors (Lipinski definition) is 4. The minimum Gasteiger partial charge on any atom is -0.292 e. The Morgan fingerprint density at radius 2 is 2.50 bits per heavy atom. The van der Waals surface area contributed by atoms with Crippen molar-refractivity contribution in [1.82, 2.24) is 4.47 Å². The molecule has 0 aliphatic carbocycles. The number of hydroxylamine groups is 1. The van der Waals surface area contributed by atoms with Crippen molar-refractivity contribution in [2.75, 3.05) is 0 Å². The zero-order chi connectivity index (χ0) is 5.78. The number of nitrogens with zero attached hydrogens (tertiary/aromatic N) is 1. The van der Waals surface area contributed by atoms with Crippen molar-refractivity contribution in [3.05, 3.63) is 0 Å². The SMILES string of the molecule is CC1OSN2OC12C. The molecule has 0 amide bonds. The van der Waals surface area contributed by atoms with Gasteiger partial charge in [-0.1, -0.05) is 4.47 Å². The van der Waals surface area contributed by atoms with E-state index in [4.69, 9.17) is 9.02 Å². The fraction of sp³-hybridized carbons (Fsp3) is 1.00. The van der Waals surface area contributed by atoms with Gasteiger partial charge in [0.05, 0.1) is 0 Å². The summed E-state index contributed by atoms with van der Waals surface area (Å²) in [6, 6.07) is 0. The molecular formula is C4H7NO2S. The highest BCUT2D eigenvalue weighted by Crippen LogP contribution is 2.52. The van der Waals surface area contributed by atoms with Gasteiger partial charge in [-0.15, -0.1) is 0 Å². The topological polar surface area (TPSA) is 24.8 Å². The monoisotopic (exact) mass is 133 g/mol. The van der Waals surface area contributed by atoms with Gasteiger partial charge in [-0.3, -0.25) is 9.02 Å². The Balaban J connectivity index is 2.19. The summed E-state index contributed by atoms with van der Waals surface area (Å²) in [5, 5.41) is 0. The molecule has 0 aromatic carbocycles. The quantitative estimate of drug-likeness (QED) is 0.279. The maximum Gasteiger partial charge on any atom is 0.203 e. The molecule has 46 valence electrons. The molecule has 2 aliphatic rings. The van der Waals surface area contributed by atoms with Crippen LogP contribution in [0, 0.1) is 0 Å². The third kappa shape index (κ3) is 0.416. The minimum absolute atomic E-state index is 0.106. The second-order valence-electron chi connectivity index (χ2n) is 2.22. The first-order valence-electron chi connectivity index (χ1n) is 2.56. The van der Waals surface area contributed by atoms with Crippen molar-refractivity contribution in [1.29, 1.82) is 0 Å². The van der Waals surface area contributed by atoms with Crippen molar-refractivity contribution in [2.45, 2.75) is 25.7 Å². The molecule has 4 heteroatoms. The summed E-state index contributed by atoms with van der Waals surface area (Å²) < 4.78 is 6.90. The van der Waals surface area contributed by atoms with E-state index in [1.54, 1.807) is 4.47 Å². The van der Waals surface area contributed by atoms with Gasteiger partial charge in [-0.25, -0.2) is 0 Å². The first-order chi connectivity index (χ1) is 3.73. The minimum atomic E-state index is -0.106. The van der Waals surface area contributed by atoms with E-state index in [9.17, 15) is 0 Å². The highest BCUT2D eigenvalue weighted by Gasteiger charge is 2.62. The summed E-state index contributed by atoms with van der Waals surface area (Å²) in [5.41, 5.74) is -0.106. The molecule has 0 N–H and O–H groups in total. The van der Waals surface area contributed by atoms with Crippen LogP contribution >= 0.6 is 12.2 Å². The molecule has 2 fully saturated rings. The molecule has 2 rings (SSSR count). The summed E-state index contributed by atoms with van der Waals surface area (Å²) in [7, 11) is 0. The van der Waals surface area contributed by atoms with Crippen LogP contribution in [0.25, 0.3) is 0 Å². The summed E-state index contributed by atoms with van der Waals surface area (Å²) in [6.45, 7) is 4.01. The molecule has 3 nitrogen and oxygen atoms in total. The Bertz CT molecular complexity index is 129. The van der Waals surface area contributed by atoms with E-state index in [0.717, 1.165) is 0 Å². The first-order valence-corrected chi connectivity index (χ1v) is 3.26. The lowest BCUT2D eigenvalue weighted by Crippen LogP contribution is -2.20. The van der Waals surface area contributed by atoms with Crippen molar-refractivity contribution in [3.63, 3.8) is 0 Å². The normalized spacial score (nSPS) is 60.8. The van der Waals surface area contributed by atoms with Gasteiger partial charge in [0.25, 0.3) is 0 Å². The smallest absolute Gasteiger partial charge is 0.203 e. The number of hydrogen-bond donors (Lipinski definition) is 0.